The topological polar surface area (TPSA) is 37.2 Å². The molecule has 0 aliphatic rings. The Hall–Kier alpha value is -3.34. The number of rotatable bonds is 4. The second kappa shape index (κ2) is 7.24. The summed E-state index contributed by atoms with van der Waals surface area (Å²) in [7, 11) is 0.271. The molecule has 1 aromatic heterocycles. The fourth-order valence-corrected chi connectivity index (χ4v) is 4.01. The molecule has 0 aliphatic heterocycles. The van der Waals surface area contributed by atoms with Gasteiger partial charge in [-0.3, -0.25) is 0 Å². The van der Waals surface area contributed by atoms with E-state index in [1.165, 1.54) is 23.4 Å². The number of nitrogens with zero attached hydrogens (tertiary/aromatic N) is 1. The van der Waals surface area contributed by atoms with Crippen LogP contribution in [0.5, 0.6) is 0 Å². The van der Waals surface area contributed by atoms with Crippen LogP contribution < -0.4 is 10.5 Å². The normalized spacial score (nSPS) is 11.2. The molecule has 0 aliphatic carbocycles. The number of fused-ring (bicyclic) bond motifs is 3. The van der Waals surface area contributed by atoms with Crippen molar-refractivity contribution in [2.45, 2.75) is 0 Å². The lowest BCUT2D eigenvalue weighted by atomic mass is 9.78. The van der Waals surface area contributed by atoms with Crippen molar-refractivity contribution in [3.63, 3.8) is 0 Å². The van der Waals surface area contributed by atoms with Crippen LogP contribution in [0.1, 0.15) is 0 Å². The van der Waals surface area contributed by atoms with Crippen molar-refractivity contribution in [2.75, 3.05) is 7.11 Å². The lowest BCUT2D eigenvalue weighted by Gasteiger charge is -2.17. The average molecular weight is 376 g/mol. The third-order valence-electron chi connectivity index (χ3n) is 5.39. The molecule has 0 fully saturated rings. The fraction of sp³-hybridized carbons (Fsp3) is 0.0400. The maximum absolute atomic E-state index is 12.0. The van der Waals surface area contributed by atoms with Gasteiger partial charge in [-0.1, -0.05) is 72.2 Å². The Kier molecular flexibility index (Phi) is 4.43. The predicted octanol–water partition coefficient (Wildman–Crippen LogP) is 4.15. The summed E-state index contributed by atoms with van der Waals surface area (Å²) in [6, 6.07) is 33.0. The number of hydrogen-bond acceptors (Lipinski definition) is 2. The lowest BCUT2D eigenvalue weighted by Crippen LogP contribution is -2.45. The second-order valence-corrected chi connectivity index (χ2v) is 7.11. The van der Waals surface area contributed by atoms with Gasteiger partial charge in [-0.05, 0) is 41.5 Å². The summed E-state index contributed by atoms with van der Waals surface area (Å²) in [4.78, 5) is 0. The van der Waals surface area contributed by atoms with Crippen LogP contribution in [0.3, 0.4) is 0 Å². The van der Waals surface area contributed by atoms with Gasteiger partial charge in [0.25, 0.3) is 0 Å². The SMILES string of the molecule is COB([O-])c1cccc(-c2ccc3c(c2)c2ccccc2n3-c2ccccc2)c1. The monoisotopic (exact) mass is 376 g/mol. The fourth-order valence-electron chi connectivity index (χ4n) is 4.01. The number of para-hydroxylation sites is 2. The maximum Gasteiger partial charge on any atom is 0.217 e. The molecule has 5 rings (SSSR count). The highest BCUT2D eigenvalue weighted by molar-refractivity contribution is 6.58. The van der Waals surface area contributed by atoms with Crippen LogP contribution in [0.25, 0.3) is 38.6 Å². The standard InChI is InChI=1S/C25H19BNO2/c1-29-26(28)20-9-7-8-18(16-20)19-14-15-25-23(17-19)22-12-5-6-13-24(22)27(25)21-10-3-2-4-11-21/h2-17H,1H3/q-1. The Labute approximate surface area is 169 Å². The molecule has 0 spiro atoms. The Bertz CT molecular complexity index is 1310. The quantitative estimate of drug-likeness (QED) is 0.442. The molecule has 5 aromatic rings. The van der Waals surface area contributed by atoms with Gasteiger partial charge >= 0.3 is 0 Å². The van der Waals surface area contributed by atoms with Crippen molar-refractivity contribution < 1.29 is 9.68 Å². The van der Waals surface area contributed by atoms with Gasteiger partial charge < -0.3 is 14.2 Å². The molecular weight excluding hydrogens is 357 g/mol. The highest BCUT2D eigenvalue weighted by Crippen LogP contribution is 2.34. The van der Waals surface area contributed by atoms with Crippen molar-refractivity contribution in [1.29, 1.82) is 0 Å². The summed E-state index contributed by atoms with van der Waals surface area (Å²) in [6.45, 7) is 0. The van der Waals surface area contributed by atoms with Crippen molar-refractivity contribution in [1.82, 2.24) is 4.57 Å². The highest BCUT2D eigenvalue weighted by atomic mass is 16.5. The summed E-state index contributed by atoms with van der Waals surface area (Å²) in [5.74, 6) is 0. The molecular formula is C25H19BNO2-. The predicted molar refractivity (Wildman–Crippen MR) is 119 cm³/mol. The van der Waals surface area contributed by atoms with E-state index in [-0.39, 0.29) is 0 Å². The zero-order chi connectivity index (χ0) is 19.8. The van der Waals surface area contributed by atoms with E-state index in [2.05, 4.69) is 71.3 Å². The highest BCUT2D eigenvalue weighted by Gasteiger charge is 2.13. The van der Waals surface area contributed by atoms with Gasteiger partial charge in [0.05, 0.1) is 11.0 Å². The van der Waals surface area contributed by atoms with Gasteiger partial charge in [0, 0.05) is 23.6 Å². The van der Waals surface area contributed by atoms with Crippen LogP contribution in [0.2, 0.25) is 0 Å². The Balaban J connectivity index is 1.74. The molecule has 0 N–H and O–H groups in total. The van der Waals surface area contributed by atoms with E-state index in [1.807, 2.05) is 30.3 Å². The summed E-state index contributed by atoms with van der Waals surface area (Å²) in [5.41, 5.74) is 6.21. The molecule has 0 bridgehead atoms. The van der Waals surface area contributed by atoms with E-state index in [0.717, 1.165) is 22.3 Å². The minimum atomic E-state index is -1.17. The molecule has 4 heteroatoms. The van der Waals surface area contributed by atoms with E-state index in [9.17, 15) is 5.02 Å². The van der Waals surface area contributed by atoms with Crippen molar-refractivity contribution in [3.05, 3.63) is 97.1 Å². The zero-order valence-electron chi connectivity index (χ0n) is 16.1. The number of aromatic nitrogens is 1. The zero-order valence-corrected chi connectivity index (χ0v) is 16.1. The molecule has 140 valence electrons. The second-order valence-electron chi connectivity index (χ2n) is 7.11. The molecule has 0 radical (unpaired) electrons. The Morgan fingerprint density at radius 2 is 1.41 bits per heavy atom. The summed E-state index contributed by atoms with van der Waals surface area (Å²) >= 11 is 0. The van der Waals surface area contributed by atoms with Gasteiger partial charge in [0.2, 0.25) is 7.12 Å². The van der Waals surface area contributed by atoms with Crippen LogP contribution in [-0.4, -0.2) is 18.8 Å². The molecule has 3 nitrogen and oxygen atoms in total. The van der Waals surface area contributed by atoms with Gasteiger partial charge in [0.15, 0.2) is 0 Å². The first-order valence-electron chi connectivity index (χ1n) is 9.64. The minimum Gasteiger partial charge on any atom is -0.853 e. The smallest absolute Gasteiger partial charge is 0.217 e. The van der Waals surface area contributed by atoms with Crippen LogP contribution in [-0.2, 0) is 4.65 Å². The molecule has 0 amide bonds. The van der Waals surface area contributed by atoms with Crippen molar-refractivity contribution >= 4 is 34.4 Å². The minimum absolute atomic E-state index is 0.636. The molecule has 0 atom stereocenters. The first kappa shape index (κ1) is 17.7. The maximum atomic E-state index is 12.0. The van der Waals surface area contributed by atoms with Crippen LogP contribution in [0.15, 0.2) is 97.1 Å². The van der Waals surface area contributed by atoms with Gasteiger partial charge in [-0.2, -0.15) is 0 Å². The number of benzene rings is 4. The summed E-state index contributed by atoms with van der Waals surface area (Å²) in [6.07, 6.45) is 0. The Morgan fingerprint density at radius 3 is 2.24 bits per heavy atom. The molecule has 0 saturated heterocycles. The van der Waals surface area contributed by atoms with E-state index >= 15 is 0 Å². The summed E-state index contributed by atoms with van der Waals surface area (Å²) in [5, 5.41) is 14.4. The van der Waals surface area contributed by atoms with Crippen LogP contribution in [0, 0.1) is 0 Å². The van der Waals surface area contributed by atoms with E-state index in [0.29, 0.717) is 5.46 Å². The van der Waals surface area contributed by atoms with E-state index in [1.54, 1.807) is 0 Å². The van der Waals surface area contributed by atoms with Crippen molar-refractivity contribution in [3.8, 4) is 16.8 Å². The third kappa shape index (κ3) is 3.03. The largest absolute Gasteiger partial charge is 0.853 e. The molecule has 1 heterocycles. The number of hydrogen-bond donors (Lipinski definition) is 0. The first-order chi connectivity index (χ1) is 14.3. The molecule has 29 heavy (non-hydrogen) atoms. The van der Waals surface area contributed by atoms with E-state index < -0.39 is 7.12 Å². The summed E-state index contributed by atoms with van der Waals surface area (Å²) < 4.78 is 7.24. The first-order valence-corrected chi connectivity index (χ1v) is 9.64. The van der Waals surface area contributed by atoms with Crippen LogP contribution in [0.4, 0.5) is 0 Å². The lowest BCUT2D eigenvalue weighted by molar-refractivity contribution is -0.214. The average Bonchev–Trinajstić information content (AvgIpc) is 3.13. The molecule has 0 unspecified atom stereocenters. The van der Waals surface area contributed by atoms with E-state index in [4.69, 9.17) is 4.65 Å². The third-order valence-corrected chi connectivity index (χ3v) is 5.39. The van der Waals surface area contributed by atoms with Crippen molar-refractivity contribution in [2.24, 2.45) is 0 Å². The van der Waals surface area contributed by atoms with Crippen LogP contribution >= 0.6 is 0 Å². The van der Waals surface area contributed by atoms with Gasteiger partial charge in [-0.25, -0.2) is 0 Å². The van der Waals surface area contributed by atoms with Gasteiger partial charge in [-0.15, -0.1) is 0 Å². The Morgan fingerprint density at radius 1 is 0.690 bits per heavy atom. The van der Waals surface area contributed by atoms with Gasteiger partial charge in [0.1, 0.15) is 0 Å². The molecule has 4 aromatic carbocycles. The molecule has 0 saturated carbocycles.